The number of thiophene rings is 1. The van der Waals surface area contributed by atoms with Crippen LogP contribution in [0.2, 0.25) is 0 Å². The Labute approximate surface area is 103 Å². The van der Waals surface area contributed by atoms with E-state index in [1.807, 2.05) is 0 Å². The maximum Gasteiger partial charge on any atom is 0.0601 e. The number of methoxy groups -OCH3 is 1. The standard InChI is InChI=1S/C11H16BrNOS/c1-7(11-10(12)3-4-15-11)13-8-5-9(6-8)14-2/h3-4,7-9,13H,5-6H2,1-2H3. The van der Waals surface area contributed by atoms with Gasteiger partial charge in [0.15, 0.2) is 0 Å². The summed E-state index contributed by atoms with van der Waals surface area (Å²) in [4.78, 5) is 1.39. The molecule has 2 rings (SSSR count). The van der Waals surface area contributed by atoms with E-state index in [2.05, 4.69) is 39.6 Å². The molecule has 0 radical (unpaired) electrons. The van der Waals surface area contributed by atoms with Gasteiger partial charge in [-0.05, 0) is 47.1 Å². The van der Waals surface area contributed by atoms with Crippen LogP contribution in [-0.2, 0) is 4.74 Å². The molecule has 1 unspecified atom stereocenters. The number of hydrogen-bond acceptors (Lipinski definition) is 3. The third-order valence-electron chi connectivity index (χ3n) is 2.95. The summed E-state index contributed by atoms with van der Waals surface area (Å²) in [6, 6.07) is 3.16. The van der Waals surface area contributed by atoms with Gasteiger partial charge < -0.3 is 10.1 Å². The average molecular weight is 290 g/mol. The highest BCUT2D eigenvalue weighted by Crippen LogP contribution is 2.31. The lowest BCUT2D eigenvalue weighted by Crippen LogP contribution is -2.45. The molecule has 84 valence electrons. The Morgan fingerprint density at radius 3 is 2.87 bits per heavy atom. The van der Waals surface area contributed by atoms with Crippen LogP contribution in [0.1, 0.15) is 30.7 Å². The fourth-order valence-corrected chi connectivity index (χ4v) is 3.67. The summed E-state index contributed by atoms with van der Waals surface area (Å²) in [5.74, 6) is 0. The zero-order valence-corrected chi connectivity index (χ0v) is 11.4. The number of ether oxygens (including phenoxy) is 1. The monoisotopic (exact) mass is 289 g/mol. The fraction of sp³-hybridized carbons (Fsp3) is 0.636. The second kappa shape index (κ2) is 4.95. The highest BCUT2D eigenvalue weighted by molar-refractivity contribution is 9.10. The smallest absolute Gasteiger partial charge is 0.0601 e. The van der Waals surface area contributed by atoms with Gasteiger partial charge >= 0.3 is 0 Å². The molecule has 0 aromatic carbocycles. The lowest BCUT2D eigenvalue weighted by atomic mass is 9.88. The predicted octanol–water partition coefficient (Wildman–Crippen LogP) is 3.34. The first-order valence-electron chi connectivity index (χ1n) is 5.22. The van der Waals surface area contributed by atoms with E-state index >= 15 is 0 Å². The molecule has 1 N–H and O–H groups in total. The largest absolute Gasteiger partial charge is 0.381 e. The fourth-order valence-electron chi connectivity index (χ4n) is 1.94. The van der Waals surface area contributed by atoms with Crippen molar-refractivity contribution in [2.45, 2.75) is 38.0 Å². The lowest BCUT2D eigenvalue weighted by molar-refractivity contribution is 0.0148. The molecule has 1 aromatic heterocycles. The molecule has 1 heterocycles. The number of rotatable bonds is 4. The molecule has 15 heavy (non-hydrogen) atoms. The van der Waals surface area contributed by atoms with Gasteiger partial charge in [0.05, 0.1) is 6.10 Å². The van der Waals surface area contributed by atoms with E-state index in [4.69, 9.17) is 4.74 Å². The lowest BCUT2D eigenvalue weighted by Gasteiger charge is -2.36. The normalized spacial score (nSPS) is 27.4. The van der Waals surface area contributed by atoms with Gasteiger partial charge in [-0.1, -0.05) is 0 Å². The summed E-state index contributed by atoms with van der Waals surface area (Å²) in [7, 11) is 1.79. The minimum absolute atomic E-state index is 0.433. The van der Waals surface area contributed by atoms with E-state index < -0.39 is 0 Å². The van der Waals surface area contributed by atoms with Crippen molar-refractivity contribution >= 4 is 27.3 Å². The molecule has 1 aliphatic rings. The van der Waals surface area contributed by atoms with E-state index in [0.29, 0.717) is 18.2 Å². The second-order valence-electron chi connectivity index (χ2n) is 4.05. The van der Waals surface area contributed by atoms with E-state index in [-0.39, 0.29) is 0 Å². The van der Waals surface area contributed by atoms with Crippen LogP contribution >= 0.6 is 27.3 Å². The molecule has 1 aliphatic carbocycles. The first-order valence-corrected chi connectivity index (χ1v) is 6.89. The van der Waals surface area contributed by atoms with Crippen LogP contribution in [0.5, 0.6) is 0 Å². The molecular formula is C11H16BrNOS. The van der Waals surface area contributed by atoms with E-state index in [9.17, 15) is 0 Å². The quantitative estimate of drug-likeness (QED) is 0.918. The molecule has 4 heteroatoms. The summed E-state index contributed by atoms with van der Waals surface area (Å²) in [6.07, 6.45) is 2.76. The molecule has 2 nitrogen and oxygen atoms in total. The molecule has 1 saturated carbocycles. The van der Waals surface area contributed by atoms with Crippen LogP contribution in [0.25, 0.3) is 0 Å². The molecule has 1 fully saturated rings. The zero-order valence-electron chi connectivity index (χ0n) is 9.00. The van der Waals surface area contributed by atoms with Crippen molar-refractivity contribution in [1.82, 2.24) is 5.32 Å². The molecule has 0 saturated heterocycles. The second-order valence-corrected chi connectivity index (χ2v) is 5.85. The summed E-state index contributed by atoms with van der Waals surface area (Å²) in [5.41, 5.74) is 0. The van der Waals surface area contributed by atoms with Crippen LogP contribution in [-0.4, -0.2) is 19.3 Å². The highest BCUT2D eigenvalue weighted by Gasteiger charge is 2.30. The van der Waals surface area contributed by atoms with Gasteiger partial charge in [-0.25, -0.2) is 0 Å². The van der Waals surface area contributed by atoms with E-state index in [1.165, 1.54) is 9.35 Å². The third-order valence-corrected chi connectivity index (χ3v) is 5.01. The molecule has 0 spiro atoms. The number of halogens is 1. The number of nitrogens with one attached hydrogen (secondary N) is 1. The van der Waals surface area contributed by atoms with E-state index in [0.717, 1.165) is 12.8 Å². The van der Waals surface area contributed by atoms with Gasteiger partial charge in [-0.3, -0.25) is 0 Å². The van der Waals surface area contributed by atoms with Gasteiger partial charge in [0, 0.05) is 28.5 Å². The third kappa shape index (κ3) is 2.61. The van der Waals surface area contributed by atoms with E-state index in [1.54, 1.807) is 18.4 Å². The van der Waals surface area contributed by atoms with Gasteiger partial charge in [0.25, 0.3) is 0 Å². The summed E-state index contributed by atoms with van der Waals surface area (Å²) < 4.78 is 6.48. The van der Waals surface area contributed by atoms with Crippen molar-refractivity contribution in [3.63, 3.8) is 0 Å². The van der Waals surface area contributed by atoms with Crippen molar-refractivity contribution in [3.8, 4) is 0 Å². The maximum absolute atomic E-state index is 5.27. The Hall–Kier alpha value is 0.100. The van der Waals surface area contributed by atoms with Gasteiger partial charge in [-0.2, -0.15) is 0 Å². The molecule has 1 atom stereocenters. The Morgan fingerprint density at radius 2 is 2.33 bits per heavy atom. The minimum Gasteiger partial charge on any atom is -0.381 e. The first kappa shape index (κ1) is 11.6. The van der Waals surface area contributed by atoms with Gasteiger partial charge in [-0.15, -0.1) is 11.3 Å². The minimum atomic E-state index is 0.433. The van der Waals surface area contributed by atoms with Crippen molar-refractivity contribution in [2.24, 2.45) is 0 Å². The zero-order chi connectivity index (χ0) is 10.8. The molecular weight excluding hydrogens is 274 g/mol. The topological polar surface area (TPSA) is 21.3 Å². The highest BCUT2D eigenvalue weighted by atomic mass is 79.9. The Morgan fingerprint density at radius 1 is 1.60 bits per heavy atom. The average Bonchev–Trinajstić information content (AvgIpc) is 2.56. The van der Waals surface area contributed by atoms with Crippen molar-refractivity contribution < 1.29 is 4.74 Å². The van der Waals surface area contributed by atoms with Crippen LogP contribution in [0.4, 0.5) is 0 Å². The Balaban J connectivity index is 1.84. The van der Waals surface area contributed by atoms with Crippen LogP contribution in [0.3, 0.4) is 0 Å². The summed E-state index contributed by atoms with van der Waals surface area (Å²) in [6.45, 7) is 2.22. The predicted molar refractivity (Wildman–Crippen MR) is 67.4 cm³/mol. The molecule has 1 aromatic rings. The van der Waals surface area contributed by atoms with Crippen molar-refractivity contribution in [2.75, 3.05) is 7.11 Å². The first-order chi connectivity index (χ1) is 7.20. The van der Waals surface area contributed by atoms with Gasteiger partial charge in [0.1, 0.15) is 0 Å². The van der Waals surface area contributed by atoms with Crippen LogP contribution in [0.15, 0.2) is 15.9 Å². The SMILES string of the molecule is COC1CC(NC(C)c2sccc2Br)C1. The molecule has 0 bridgehead atoms. The Kier molecular flexibility index (Phi) is 3.83. The maximum atomic E-state index is 5.27. The number of hydrogen-bond donors (Lipinski definition) is 1. The van der Waals surface area contributed by atoms with Crippen molar-refractivity contribution in [3.05, 3.63) is 20.8 Å². The van der Waals surface area contributed by atoms with Crippen LogP contribution < -0.4 is 5.32 Å². The Bertz CT molecular complexity index is 322. The van der Waals surface area contributed by atoms with Gasteiger partial charge in [0.2, 0.25) is 0 Å². The van der Waals surface area contributed by atoms with Crippen molar-refractivity contribution in [1.29, 1.82) is 0 Å². The summed E-state index contributed by atoms with van der Waals surface area (Å²) in [5, 5.41) is 5.75. The molecule has 0 aliphatic heterocycles. The molecule has 0 amide bonds. The van der Waals surface area contributed by atoms with Crippen LogP contribution in [0, 0.1) is 0 Å². The summed E-state index contributed by atoms with van der Waals surface area (Å²) >= 11 is 5.37.